The van der Waals surface area contributed by atoms with Gasteiger partial charge in [0.05, 0.1) is 11.8 Å². The first kappa shape index (κ1) is 16.9. The number of likely N-dealkylation sites (N-methyl/N-ethyl adjacent to an activating group) is 1. The Balaban J connectivity index is 2.02. The van der Waals surface area contributed by atoms with Gasteiger partial charge < -0.3 is 10.6 Å². The van der Waals surface area contributed by atoms with Crippen LogP contribution in [0.1, 0.15) is 12.0 Å². The number of nitrogens with two attached hydrogens (primary N) is 1. The molecule has 1 aromatic carbocycles. The molecule has 0 fully saturated rings. The van der Waals surface area contributed by atoms with E-state index in [1.807, 2.05) is 29.6 Å². The highest BCUT2D eigenvalue weighted by molar-refractivity contribution is 7.90. The third-order valence-corrected chi connectivity index (χ3v) is 5.45. The van der Waals surface area contributed by atoms with Gasteiger partial charge in [-0.25, -0.2) is 8.42 Å². The predicted octanol–water partition coefficient (Wildman–Crippen LogP) is 1.62. The third kappa shape index (κ3) is 4.28. The van der Waals surface area contributed by atoms with Crippen molar-refractivity contribution in [3.8, 4) is 0 Å². The zero-order chi connectivity index (χ0) is 16.3. The molecule has 0 aliphatic heterocycles. The smallest absolute Gasteiger partial charge is 0.239 e. The van der Waals surface area contributed by atoms with E-state index in [0.29, 0.717) is 6.54 Å². The van der Waals surface area contributed by atoms with Crippen molar-refractivity contribution in [3.05, 3.63) is 35.2 Å². The van der Waals surface area contributed by atoms with E-state index >= 15 is 0 Å². The minimum absolute atomic E-state index is 0.0743. The van der Waals surface area contributed by atoms with Gasteiger partial charge in [0.1, 0.15) is 9.84 Å². The number of thiophene rings is 1. The number of carbonyl (C=O) groups is 1. The molecule has 2 rings (SSSR count). The fourth-order valence-electron chi connectivity index (χ4n) is 2.24. The lowest BCUT2D eigenvalue weighted by Crippen LogP contribution is -2.42. The summed E-state index contributed by atoms with van der Waals surface area (Å²) < 4.78 is 23.5. The van der Waals surface area contributed by atoms with Crippen molar-refractivity contribution in [3.63, 3.8) is 0 Å². The van der Waals surface area contributed by atoms with Gasteiger partial charge in [-0.05, 0) is 28.8 Å². The second-order valence-electron chi connectivity index (χ2n) is 5.48. The zero-order valence-corrected chi connectivity index (χ0v) is 14.3. The molecular formula is C15H20N2O3S2. The van der Waals surface area contributed by atoms with Crippen LogP contribution < -0.4 is 5.73 Å². The quantitative estimate of drug-likeness (QED) is 0.866. The Labute approximate surface area is 134 Å². The van der Waals surface area contributed by atoms with E-state index in [-0.39, 0.29) is 18.1 Å². The lowest BCUT2D eigenvalue weighted by Gasteiger charge is -2.21. The van der Waals surface area contributed by atoms with Crippen molar-refractivity contribution in [1.82, 2.24) is 4.90 Å². The van der Waals surface area contributed by atoms with Crippen molar-refractivity contribution in [2.24, 2.45) is 5.73 Å². The van der Waals surface area contributed by atoms with E-state index in [1.165, 1.54) is 4.70 Å². The van der Waals surface area contributed by atoms with Gasteiger partial charge in [0.15, 0.2) is 0 Å². The SMILES string of the molecule is CN(Cc1csc2ccccc12)C(=O)C(N)CCS(C)(=O)=O. The lowest BCUT2D eigenvalue weighted by atomic mass is 10.1. The van der Waals surface area contributed by atoms with E-state index in [0.717, 1.165) is 17.2 Å². The summed E-state index contributed by atoms with van der Waals surface area (Å²) in [7, 11) is -1.42. The van der Waals surface area contributed by atoms with Crippen LogP contribution in [0.5, 0.6) is 0 Å². The highest BCUT2D eigenvalue weighted by Crippen LogP contribution is 2.26. The number of benzene rings is 1. The molecule has 1 heterocycles. The topological polar surface area (TPSA) is 80.5 Å². The van der Waals surface area contributed by atoms with E-state index in [2.05, 4.69) is 0 Å². The van der Waals surface area contributed by atoms with Crippen LogP contribution in [0, 0.1) is 0 Å². The molecule has 22 heavy (non-hydrogen) atoms. The van der Waals surface area contributed by atoms with Gasteiger partial charge >= 0.3 is 0 Å². The molecule has 1 aromatic heterocycles. The first-order valence-electron chi connectivity index (χ1n) is 6.91. The fourth-order valence-corrected chi connectivity index (χ4v) is 3.87. The Morgan fingerprint density at radius 3 is 2.73 bits per heavy atom. The molecule has 0 bridgehead atoms. The molecule has 0 aliphatic rings. The molecule has 0 saturated carbocycles. The molecule has 0 radical (unpaired) electrons. The predicted molar refractivity (Wildman–Crippen MR) is 90.6 cm³/mol. The summed E-state index contributed by atoms with van der Waals surface area (Å²) in [5, 5.41) is 3.17. The zero-order valence-electron chi connectivity index (χ0n) is 12.7. The molecule has 1 amide bonds. The first-order valence-corrected chi connectivity index (χ1v) is 9.85. The van der Waals surface area contributed by atoms with Crippen molar-refractivity contribution >= 4 is 37.2 Å². The monoisotopic (exact) mass is 340 g/mol. The summed E-state index contributed by atoms with van der Waals surface area (Å²) in [6, 6.07) is 7.24. The molecular weight excluding hydrogens is 320 g/mol. The third-order valence-electron chi connectivity index (χ3n) is 3.46. The van der Waals surface area contributed by atoms with Crippen LogP contribution in [0.3, 0.4) is 0 Å². The van der Waals surface area contributed by atoms with Crippen LogP contribution in [0.25, 0.3) is 10.1 Å². The second-order valence-corrected chi connectivity index (χ2v) is 8.65. The number of fused-ring (bicyclic) bond motifs is 1. The summed E-state index contributed by atoms with van der Waals surface area (Å²) in [6.45, 7) is 0.468. The highest BCUT2D eigenvalue weighted by atomic mass is 32.2. The Hall–Kier alpha value is -1.44. The molecule has 0 spiro atoms. The van der Waals surface area contributed by atoms with Crippen molar-refractivity contribution in [1.29, 1.82) is 0 Å². The first-order chi connectivity index (χ1) is 10.3. The van der Waals surface area contributed by atoms with Gasteiger partial charge in [0, 0.05) is 24.5 Å². The standard InChI is InChI=1S/C15H20N2O3S2/c1-17(15(18)13(16)7-8-22(2,19)20)9-11-10-21-14-6-4-3-5-12(11)14/h3-6,10,13H,7-9,16H2,1-2H3. The molecule has 120 valence electrons. The van der Waals surface area contributed by atoms with Crippen LogP contribution in [-0.2, 0) is 21.2 Å². The number of hydrogen-bond acceptors (Lipinski definition) is 5. The Kier molecular flexibility index (Phi) is 5.20. The van der Waals surface area contributed by atoms with E-state index in [4.69, 9.17) is 5.73 Å². The molecule has 7 heteroatoms. The normalized spacial score (nSPS) is 13.2. The molecule has 0 aliphatic carbocycles. The summed E-state index contributed by atoms with van der Waals surface area (Å²) in [4.78, 5) is 13.8. The summed E-state index contributed by atoms with van der Waals surface area (Å²) in [6.07, 6.45) is 1.29. The van der Waals surface area contributed by atoms with Crippen LogP contribution >= 0.6 is 11.3 Å². The van der Waals surface area contributed by atoms with E-state index < -0.39 is 15.9 Å². The van der Waals surface area contributed by atoms with Gasteiger partial charge in [0.25, 0.3) is 0 Å². The molecule has 2 N–H and O–H groups in total. The molecule has 1 atom stereocenters. The number of hydrogen-bond donors (Lipinski definition) is 1. The Morgan fingerprint density at radius 2 is 2.05 bits per heavy atom. The maximum absolute atomic E-state index is 12.2. The number of rotatable bonds is 6. The molecule has 1 unspecified atom stereocenters. The van der Waals surface area contributed by atoms with Gasteiger partial charge in [-0.3, -0.25) is 4.79 Å². The largest absolute Gasteiger partial charge is 0.340 e. The molecule has 2 aromatic rings. The van der Waals surface area contributed by atoms with Gasteiger partial charge in [0.2, 0.25) is 5.91 Å². The summed E-state index contributed by atoms with van der Waals surface area (Å²) in [5.74, 6) is -0.311. The Bertz CT molecular complexity index is 768. The van der Waals surface area contributed by atoms with E-state index in [1.54, 1.807) is 23.3 Å². The van der Waals surface area contributed by atoms with Crippen LogP contribution in [0.15, 0.2) is 29.6 Å². The van der Waals surface area contributed by atoms with Crippen LogP contribution in [0.2, 0.25) is 0 Å². The average molecular weight is 340 g/mol. The number of sulfone groups is 1. The van der Waals surface area contributed by atoms with Gasteiger partial charge in [-0.1, -0.05) is 18.2 Å². The highest BCUT2D eigenvalue weighted by Gasteiger charge is 2.20. The second kappa shape index (κ2) is 6.76. The lowest BCUT2D eigenvalue weighted by molar-refractivity contribution is -0.131. The minimum Gasteiger partial charge on any atom is -0.340 e. The fraction of sp³-hybridized carbons (Fsp3) is 0.400. The molecule has 5 nitrogen and oxygen atoms in total. The van der Waals surface area contributed by atoms with Crippen molar-refractivity contribution in [2.75, 3.05) is 19.1 Å². The van der Waals surface area contributed by atoms with Gasteiger partial charge in [-0.2, -0.15) is 0 Å². The summed E-state index contributed by atoms with van der Waals surface area (Å²) >= 11 is 1.64. The summed E-state index contributed by atoms with van der Waals surface area (Å²) in [5.41, 5.74) is 6.89. The van der Waals surface area contributed by atoms with E-state index in [9.17, 15) is 13.2 Å². The molecule has 0 saturated heterocycles. The maximum atomic E-state index is 12.2. The van der Waals surface area contributed by atoms with Crippen LogP contribution in [-0.4, -0.2) is 44.3 Å². The average Bonchev–Trinajstić information content (AvgIpc) is 2.86. The minimum atomic E-state index is -3.11. The van der Waals surface area contributed by atoms with Gasteiger partial charge in [-0.15, -0.1) is 11.3 Å². The maximum Gasteiger partial charge on any atom is 0.239 e. The Morgan fingerprint density at radius 1 is 1.36 bits per heavy atom. The van der Waals surface area contributed by atoms with Crippen molar-refractivity contribution < 1.29 is 13.2 Å². The number of amides is 1. The number of nitrogens with zero attached hydrogens (tertiary/aromatic N) is 1. The van der Waals surface area contributed by atoms with Crippen LogP contribution in [0.4, 0.5) is 0 Å². The van der Waals surface area contributed by atoms with Crippen molar-refractivity contribution in [2.45, 2.75) is 19.0 Å². The number of carbonyl (C=O) groups excluding carboxylic acids is 1.